The van der Waals surface area contributed by atoms with Crippen LogP contribution >= 0.6 is 0 Å². The quantitative estimate of drug-likeness (QED) is 0.785. The number of benzene rings is 1. The third-order valence-corrected chi connectivity index (χ3v) is 4.36. The normalized spacial score (nSPS) is 17.0. The predicted molar refractivity (Wildman–Crippen MR) is 89.7 cm³/mol. The van der Waals surface area contributed by atoms with E-state index >= 15 is 0 Å². The molecule has 1 aliphatic rings. The van der Waals surface area contributed by atoms with Crippen molar-refractivity contribution in [2.75, 3.05) is 6.54 Å². The van der Waals surface area contributed by atoms with Gasteiger partial charge in [-0.25, -0.2) is 4.79 Å². The molecule has 7 nitrogen and oxygen atoms in total. The van der Waals surface area contributed by atoms with Gasteiger partial charge in [0.05, 0.1) is 6.04 Å². The van der Waals surface area contributed by atoms with Gasteiger partial charge in [0.25, 0.3) is 5.89 Å². The molecule has 0 saturated carbocycles. The fraction of sp³-hybridized carbons (Fsp3) is 0.222. The van der Waals surface area contributed by atoms with Gasteiger partial charge in [-0.1, -0.05) is 17.3 Å². The fourth-order valence-electron chi connectivity index (χ4n) is 3.17. The summed E-state index contributed by atoms with van der Waals surface area (Å²) in [5.74, 6) is 0.877. The molecule has 1 fully saturated rings. The zero-order valence-electron chi connectivity index (χ0n) is 13.4. The molecule has 1 N–H and O–H groups in total. The van der Waals surface area contributed by atoms with Crippen molar-refractivity contribution in [1.29, 1.82) is 0 Å². The molecule has 3 aromatic rings. The van der Waals surface area contributed by atoms with Crippen LogP contribution in [-0.4, -0.2) is 37.8 Å². The average Bonchev–Trinajstić information content (AvgIpc) is 3.32. The van der Waals surface area contributed by atoms with E-state index in [0.29, 0.717) is 18.3 Å². The molecule has 126 valence electrons. The van der Waals surface area contributed by atoms with Crippen molar-refractivity contribution in [3.8, 4) is 22.8 Å². The molecule has 2 aromatic heterocycles. The molecule has 25 heavy (non-hydrogen) atoms. The van der Waals surface area contributed by atoms with Crippen LogP contribution in [0, 0.1) is 0 Å². The van der Waals surface area contributed by atoms with Gasteiger partial charge in [0.15, 0.2) is 0 Å². The highest BCUT2D eigenvalue weighted by atomic mass is 16.5. The second kappa shape index (κ2) is 6.35. The van der Waals surface area contributed by atoms with Crippen molar-refractivity contribution in [2.24, 2.45) is 0 Å². The van der Waals surface area contributed by atoms with Crippen LogP contribution in [-0.2, 0) is 0 Å². The molecule has 0 aliphatic carbocycles. The molecule has 1 saturated heterocycles. The number of pyridine rings is 1. The Balaban J connectivity index is 1.64. The van der Waals surface area contributed by atoms with Crippen LogP contribution in [0.25, 0.3) is 22.8 Å². The largest absolute Gasteiger partial charge is 0.465 e. The minimum atomic E-state index is -0.885. The molecular formula is C18H16N4O3. The number of amides is 1. The van der Waals surface area contributed by atoms with E-state index in [9.17, 15) is 9.90 Å². The van der Waals surface area contributed by atoms with Crippen molar-refractivity contribution >= 4 is 6.09 Å². The number of carboxylic acid groups (broad SMARTS) is 1. The third kappa shape index (κ3) is 2.96. The summed E-state index contributed by atoms with van der Waals surface area (Å²) in [5, 5.41) is 13.3. The number of likely N-dealkylation sites (tertiary alicyclic amines) is 1. The maximum Gasteiger partial charge on any atom is 0.407 e. The number of aromatic nitrogens is 3. The molecule has 0 spiro atoms. The Morgan fingerprint density at radius 1 is 1.24 bits per heavy atom. The van der Waals surface area contributed by atoms with Gasteiger partial charge in [-0.15, -0.1) is 0 Å². The second-order valence-electron chi connectivity index (χ2n) is 5.92. The summed E-state index contributed by atoms with van der Waals surface area (Å²) >= 11 is 0. The first kappa shape index (κ1) is 15.3. The smallest absolute Gasteiger partial charge is 0.407 e. The molecule has 3 heterocycles. The molecule has 0 radical (unpaired) electrons. The van der Waals surface area contributed by atoms with E-state index < -0.39 is 6.09 Å². The molecule has 0 bridgehead atoms. The number of carbonyl (C=O) groups is 1. The maximum atomic E-state index is 11.4. The van der Waals surface area contributed by atoms with Crippen molar-refractivity contribution in [3.05, 3.63) is 54.4 Å². The van der Waals surface area contributed by atoms with Gasteiger partial charge in [-0.3, -0.25) is 4.98 Å². The fourth-order valence-corrected chi connectivity index (χ4v) is 3.17. The number of nitrogens with zero attached hydrogens (tertiary/aromatic N) is 4. The standard InChI is InChI=1S/C18H16N4O3/c23-18(24)22-9-3-7-15(22)12-4-1-5-13(10-12)17-20-16(21-25-17)14-6-2-8-19-11-14/h1-2,4-6,8,10-11,15H,3,7,9H2,(H,23,24). The van der Waals surface area contributed by atoms with Gasteiger partial charge in [0.1, 0.15) is 0 Å². The maximum absolute atomic E-state index is 11.4. The van der Waals surface area contributed by atoms with Gasteiger partial charge < -0.3 is 14.5 Å². The zero-order chi connectivity index (χ0) is 17.2. The summed E-state index contributed by atoms with van der Waals surface area (Å²) in [6.07, 6.45) is 4.16. The predicted octanol–water partition coefficient (Wildman–Crippen LogP) is 3.61. The minimum absolute atomic E-state index is 0.127. The number of hydrogen-bond acceptors (Lipinski definition) is 5. The monoisotopic (exact) mass is 336 g/mol. The highest BCUT2D eigenvalue weighted by Gasteiger charge is 2.30. The lowest BCUT2D eigenvalue weighted by molar-refractivity contribution is 0.140. The van der Waals surface area contributed by atoms with Crippen molar-refractivity contribution in [2.45, 2.75) is 18.9 Å². The van der Waals surface area contributed by atoms with Gasteiger partial charge in [0, 0.05) is 30.1 Å². The Bertz CT molecular complexity index is 894. The topological polar surface area (TPSA) is 92.3 Å². The lowest BCUT2D eigenvalue weighted by atomic mass is 10.0. The highest BCUT2D eigenvalue weighted by Crippen LogP contribution is 2.33. The Morgan fingerprint density at radius 3 is 2.92 bits per heavy atom. The molecule has 1 aromatic carbocycles. The van der Waals surface area contributed by atoms with E-state index in [-0.39, 0.29) is 6.04 Å². The van der Waals surface area contributed by atoms with Crippen LogP contribution in [0.2, 0.25) is 0 Å². The van der Waals surface area contributed by atoms with Crippen LogP contribution in [0.15, 0.2) is 53.3 Å². The minimum Gasteiger partial charge on any atom is -0.465 e. The Morgan fingerprint density at radius 2 is 2.12 bits per heavy atom. The summed E-state index contributed by atoms with van der Waals surface area (Å²) in [4.78, 5) is 21.3. The molecule has 1 atom stereocenters. The van der Waals surface area contributed by atoms with E-state index in [2.05, 4.69) is 15.1 Å². The Hall–Kier alpha value is -3.22. The lowest BCUT2D eigenvalue weighted by Gasteiger charge is -2.22. The number of rotatable bonds is 3. The van der Waals surface area contributed by atoms with Crippen LogP contribution in [0.4, 0.5) is 4.79 Å². The molecule has 1 unspecified atom stereocenters. The lowest BCUT2D eigenvalue weighted by Crippen LogP contribution is -2.28. The highest BCUT2D eigenvalue weighted by molar-refractivity contribution is 5.67. The molecular weight excluding hydrogens is 320 g/mol. The Kier molecular flexibility index (Phi) is 3.89. The average molecular weight is 336 g/mol. The van der Waals surface area contributed by atoms with Crippen LogP contribution in [0.5, 0.6) is 0 Å². The van der Waals surface area contributed by atoms with E-state index in [1.807, 2.05) is 36.4 Å². The first-order valence-corrected chi connectivity index (χ1v) is 8.06. The first-order chi connectivity index (χ1) is 12.2. The summed E-state index contributed by atoms with van der Waals surface area (Å²) in [5.41, 5.74) is 2.50. The van der Waals surface area contributed by atoms with Gasteiger partial charge in [-0.2, -0.15) is 4.98 Å². The summed E-state index contributed by atoms with van der Waals surface area (Å²) in [6.45, 7) is 0.565. The van der Waals surface area contributed by atoms with Crippen molar-refractivity contribution < 1.29 is 14.4 Å². The van der Waals surface area contributed by atoms with Crippen molar-refractivity contribution in [1.82, 2.24) is 20.0 Å². The van der Waals surface area contributed by atoms with Gasteiger partial charge >= 0.3 is 6.09 Å². The van der Waals surface area contributed by atoms with E-state index in [4.69, 9.17) is 4.52 Å². The van der Waals surface area contributed by atoms with Gasteiger partial charge in [-0.05, 0) is 42.7 Å². The summed E-state index contributed by atoms with van der Waals surface area (Å²) < 4.78 is 5.38. The SMILES string of the molecule is O=C(O)N1CCCC1c1cccc(-c2nc(-c3cccnc3)no2)c1. The Labute approximate surface area is 143 Å². The second-order valence-corrected chi connectivity index (χ2v) is 5.92. The molecule has 1 amide bonds. The molecule has 7 heteroatoms. The van der Waals surface area contributed by atoms with E-state index in [1.54, 1.807) is 12.4 Å². The van der Waals surface area contributed by atoms with E-state index in [1.165, 1.54) is 4.90 Å². The summed E-state index contributed by atoms with van der Waals surface area (Å²) in [7, 11) is 0. The first-order valence-electron chi connectivity index (χ1n) is 8.06. The third-order valence-electron chi connectivity index (χ3n) is 4.36. The molecule has 4 rings (SSSR count). The van der Waals surface area contributed by atoms with E-state index in [0.717, 1.165) is 29.5 Å². The van der Waals surface area contributed by atoms with Crippen LogP contribution in [0.1, 0.15) is 24.4 Å². The number of hydrogen-bond donors (Lipinski definition) is 1. The van der Waals surface area contributed by atoms with Crippen LogP contribution in [0.3, 0.4) is 0 Å². The summed E-state index contributed by atoms with van der Waals surface area (Å²) in [6, 6.07) is 11.2. The van der Waals surface area contributed by atoms with Crippen LogP contribution < -0.4 is 0 Å². The molecule has 1 aliphatic heterocycles. The van der Waals surface area contributed by atoms with Gasteiger partial charge in [0.2, 0.25) is 5.82 Å². The zero-order valence-corrected chi connectivity index (χ0v) is 13.4. The van der Waals surface area contributed by atoms with Crippen molar-refractivity contribution in [3.63, 3.8) is 0 Å².